The fourth-order valence-electron chi connectivity index (χ4n) is 2.31. The zero-order chi connectivity index (χ0) is 15.8. The molecular formula is C15H20N2O5. The van der Waals surface area contributed by atoms with E-state index in [0.717, 1.165) is 5.56 Å². The number of amides is 1. The van der Waals surface area contributed by atoms with Gasteiger partial charge in [-0.25, -0.2) is 4.79 Å². The predicted octanol–water partition coefficient (Wildman–Crippen LogP) is 0.389. The molecule has 0 spiro atoms. The Labute approximate surface area is 128 Å². The van der Waals surface area contributed by atoms with Gasteiger partial charge in [-0.2, -0.15) is 0 Å². The highest BCUT2D eigenvalue weighted by molar-refractivity contribution is 5.76. The van der Waals surface area contributed by atoms with Crippen LogP contribution in [0.1, 0.15) is 18.4 Å². The van der Waals surface area contributed by atoms with Crippen LogP contribution in [0, 0.1) is 0 Å². The molecule has 22 heavy (non-hydrogen) atoms. The summed E-state index contributed by atoms with van der Waals surface area (Å²) in [6.07, 6.45) is 4.61. The van der Waals surface area contributed by atoms with Crippen LogP contribution in [0.25, 0.3) is 0 Å². The van der Waals surface area contributed by atoms with Gasteiger partial charge in [0.15, 0.2) is 0 Å². The third kappa shape index (κ3) is 5.42. The molecule has 2 rings (SSSR count). The highest BCUT2D eigenvalue weighted by Crippen LogP contribution is 2.12. The lowest BCUT2D eigenvalue weighted by Crippen LogP contribution is -2.51. The highest BCUT2D eigenvalue weighted by Gasteiger charge is 2.28. The quantitative estimate of drug-likeness (QED) is 0.756. The minimum atomic E-state index is -1.02. The molecule has 1 fully saturated rings. The largest absolute Gasteiger partial charge is 0.480 e. The second-order valence-corrected chi connectivity index (χ2v) is 5.14. The number of carboxylic acids is 1. The van der Waals surface area contributed by atoms with Gasteiger partial charge in [-0.3, -0.25) is 9.78 Å². The van der Waals surface area contributed by atoms with Gasteiger partial charge in [0.2, 0.25) is 5.91 Å². The summed E-state index contributed by atoms with van der Waals surface area (Å²) in [6, 6.07) is 3.44. The predicted molar refractivity (Wildman–Crippen MR) is 77.3 cm³/mol. The molecule has 0 unspecified atom stereocenters. The van der Waals surface area contributed by atoms with E-state index in [9.17, 15) is 9.59 Å². The van der Waals surface area contributed by atoms with Crippen molar-refractivity contribution in [3.8, 4) is 0 Å². The zero-order valence-corrected chi connectivity index (χ0v) is 12.2. The van der Waals surface area contributed by atoms with Crippen LogP contribution in [0.5, 0.6) is 0 Å². The molecule has 120 valence electrons. The van der Waals surface area contributed by atoms with Crippen LogP contribution >= 0.6 is 0 Å². The molecule has 1 amide bonds. The molecule has 0 aromatic carbocycles. The molecule has 0 radical (unpaired) electrons. The summed E-state index contributed by atoms with van der Waals surface area (Å²) < 4.78 is 10.6. The Morgan fingerprint density at radius 3 is 3.09 bits per heavy atom. The molecule has 1 aliphatic rings. The van der Waals surface area contributed by atoms with Gasteiger partial charge in [0.25, 0.3) is 0 Å². The zero-order valence-electron chi connectivity index (χ0n) is 12.2. The molecule has 7 nitrogen and oxygen atoms in total. The number of nitrogens with zero attached hydrogens (tertiary/aromatic N) is 1. The SMILES string of the molecule is O=C(O)CO[C@@H]1CCOC[C@@H]1NC(=O)CCc1cccnc1. The number of aromatic nitrogens is 1. The highest BCUT2D eigenvalue weighted by atomic mass is 16.5. The van der Waals surface area contributed by atoms with Crippen LogP contribution < -0.4 is 5.32 Å². The van der Waals surface area contributed by atoms with E-state index in [4.69, 9.17) is 14.6 Å². The van der Waals surface area contributed by atoms with Crippen LogP contribution in [0.4, 0.5) is 0 Å². The Morgan fingerprint density at radius 1 is 1.50 bits per heavy atom. The first-order valence-electron chi connectivity index (χ1n) is 7.24. The molecule has 7 heteroatoms. The number of hydrogen-bond acceptors (Lipinski definition) is 5. The van der Waals surface area contributed by atoms with Crippen LogP contribution in [-0.2, 0) is 25.5 Å². The number of carbonyl (C=O) groups excluding carboxylic acids is 1. The van der Waals surface area contributed by atoms with Crippen molar-refractivity contribution in [1.82, 2.24) is 10.3 Å². The van der Waals surface area contributed by atoms with Crippen molar-refractivity contribution in [3.05, 3.63) is 30.1 Å². The van der Waals surface area contributed by atoms with Crippen molar-refractivity contribution in [1.29, 1.82) is 0 Å². The molecule has 2 atom stereocenters. The Hall–Kier alpha value is -1.99. The smallest absolute Gasteiger partial charge is 0.329 e. The van der Waals surface area contributed by atoms with Gasteiger partial charge in [0, 0.05) is 25.4 Å². The standard InChI is InChI=1S/C15H20N2O5/c18-14(4-3-11-2-1-6-16-8-11)17-12-9-21-7-5-13(12)22-10-15(19)20/h1-2,6,8,12-13H,3-5,7,9-10H2,(H,17,18)(H,19,20)/t12-,13+/m0/s1. The number of nitrogens with one attached hydrogen (secondary N) is 1. The summed E-state index contributed by atoms with van der Waals surface area (Å²) in [7, 11) is 0. The lowest BCUT2D eigenvalue weighted by molar-refractivity contribution is -0.148. The Kier molecular flexibility index (Phi) is 6.29. The number of aliphatic carboxylic acids is 1. The van der Waals surface area contributed by atoms with Gasteiger partial charge in [-0.05, 0) is 24.5 Å². The first-order chi connectivity index (χ1) is 10.6. The molecule has 0 aliphatic carbocycles. The third-order valence-corrected chi connectivity index (χ3v) is 3.42. The Balaban J connectivity index is 1.79. The average Bonchev–Trinajstić information content (AvgIpc) is 2.53. The van der Waals surface area contributed by atoms with E-state index in [1.165, 1.54) is 0 Å². The van der Waals surface area contributed by atoms with E-state index in [-0.39, 0.29) is 24.7 Å². The van der Waals surface area contributed by atoms with Crippen molar-refractivity contribution in [3.63, 3.8) is 0 Å². The second kappa shape index (κ2) is 8.45. The molecule has 1 saturated heterocycles. The van der Waals surface area contributed by atoms with Crippen molar-refractivity contribution < 1.29 is 24.2 Å². The van der Waals surface area contributed by atoms with Crippen LogP contribution in [0.2, 0.25) is 0 Å². The lowest BCUT2D eigenvalue weighted by atomic mass is 10.1. The second-order valence-electron chi connectivity index (χ2n) is 5.14. The molecule has 1 aromatic heterocycles. The normalized spacial score (nSPS) is 21.3. The van der Waals surface area contributed by atoms with Crippen LogP contribution in [0.15, 0.2) is 24.5 Å². The van der Waals surface area contributed by atoms with Gasteiger partial charge >= 0.3 is 5.97 Å². The summed E-state index contributed by atoms with van der Waals surface area (Å²) in [5, 5.41) is 11.5. The van der Waals surface area contributed by atoms with E-state index in [1.54, 1.807) is 12.4 Å². The van der Waals surface area contributed by atoms with Crippen molar-refractivity contribution in [2.75, 3.05) is 19.8 Å². The maximum Gasteiger partial charge on any atom is 0.329 e. The summed E-state index contributed by atoms with van der Waals surface area (Å²) in [5.74, 6) is -1.13. The number of pyridine rings is 1. The molecule has 1 aliphatic heterocycles. The average molecular weight is 308 g/mol. The van der Waals surface area contributed by atoms with Gasteiger partial charge < -0.3 is 19.9 Å². The maximum absolute atomic E-state index is 12.0. The van der Waals surface area contributed by atoms with E-state index in [1.807, 2.05) is 12.1 Å². The van der Waals surface area contributed by atoms with Gasteiger partial charge in [0.05, 0.1) is 18.8 Å². The number of rotatable bonds is 7. The van der Waals surface area contributed by atoms with E-state index in [2.05, 4.69) is 10.3 Å². The Morgan fingerprint density at radius 2 is 2.36 bits per heavy atom. The van der Waals surface area contributed by atoms with Crippen molar-refractivity contribution in [2.24, 2.45) is 0 Å². The Bertz CT molecular complexity index is 494. The number of carbonyl (C=O) groups is 2. The maximum atomic E-state index is 12.0. The minimum Gasteiger partial charge on any atom is -0.480 e. The summed E-state index contributed by atoms with van der Waals surface area (Å²) >= 11 is 0. The van der Waals surface area contributed by atoms with Gasteiger partial charge in [-0.15, -0.1) is 0 Å². The van der Waals surface area contributed by atoms with E-state index < -0.39 is 5.97 Å². The topological polar surface area (TPSA) is 97.8 Å². The van der Waals surface area contributed by atoms with Crippen LogP contribution in [-0.4, -0.2) is 53.9 Å². The van der Waals surface area contributed by atoms with E-state index in [0.29, 0.717) is 32.5 Å². The molecule has 1 aromatic rings. The molecule has 0 saturated carbocycles. The first-order valence-corrected chi connectivity index (χ1v) is 7.24. The van der Waals surface area contributed by atoms with Crippen molar-refractivity contribution in [2.45, 2.75) is 31.4 Å². The van der Waals surface area contributed by atoms with Crippen LogP contribution in [0.3, 0.4) is 0 Å². The molecule has 0 bridgehead atoms. The number of ether oxygens (including phenoxy) is 2. The fourth-order valence-corrected chi connectivity index (χ4v) is 2.31. The first kappa shape index (κ1) is 16.4. The van der Waals surface area contributed by atoms with Gasteiger partial charge in [-0.1, -0.05) is 6.07 Å². The monoisotopic (exact) mass is 308 g/mol. The summed E-state index contributed by atoms with van der Waals surface area (Å²) in [4.78, 5) is 26.6. The summed E-state index contributed by atoms with van der Waals surface area (Å²) in [5.41, 5.74) is 0.997. The third-order valence-electron chi connectivity index (χ3n) is 3.42. The summed E-state index contributed by atoms with van der Waals surface area (Å²) in [6.45, 7) is 0.474. The van der Waals surface area contributed by atoms with E-state index >= 15 is 0 Å². The molecule has 2 N–H and O–H groups in total. The lowest BCUT2D eigenvalue weighted by Gasteiger charge is -2.31. The van der Waals surface area contributed by atoms with Crippen molar-refractivity contribution >= 4 is 11.9 Å². The number of aryl methyl sites for hydroxylation is 1. The number of carboxylic acid groups (broad SMARTS) is 1. The fraction of sp³-hybridized carbons (Fsp3) is 0.533. The minimum absolute atomic E-state index is 0.108. The molecular weight excluding hydrogens is 288 g/mol. The number of hydrogen-bond donors (Lipinski definition) is 2. The molecule has 2 heterocycles. The van der Waals surface area contributed by atoms with Gasteiger partial charge in [0.1, 0.15) is 6.61 Å².